The quantitative estimate of drug-likeness (QED) is 0.753. The Kier molecular flexibility index (Phi) is 6.55. The van der Waals surface area contributed by atoms with Crippen LogP contribution in [0.2, 0.25) is 5.02 Å². The first-order valence-electron chi connectivity index (χ1n) is 7.55. The van der Waals surface area contributed by atoms with Gasteiger partial charge < -0.3 is 15.4 Å². The Morgan fingerprint density at radius 1 is 1.28 bits per heavy atom. The molecule has 0 saturated carbocycles. The second kappa shape index (κ2) is 8.64. The number of esters is 1. The van der Waals surface area contributed by atoms with Crippen molar-refractivity contribution in [1.82, 2.24) is 5.32 Å². The number of amides is 2. The van der Waals surface area contributed by atoms with E-state index < -0.39 is 18.0 Å². The predicted octanol–water partition coefficient (Wildman–Crippen LogP) is 3.34. The lowest BCUT2D eigenvalue weighted by molar-refractivity contribution is -0.128. The third-order valence-corrected chi connectivity index (χ3v) is 4.30. The van der Waals surface area contributed by atoms with Crippen LogP contribution in [0.15, 0.2) is 35.7 Å². The molecule has 0 aliphatic rings. The van der Waals surface area contributed by atoms with Crippen molar-refractivity contribution in [2.24, 2.45) is 0 Å². The van der Waals surface area contributed by atoms with Crippen LogP contribution in [0.1, 0.15) is 33.9 Å². The van der Waals surface area contributed by atoms with E-state index in [1.165, 1.54) is 36.5 Å². The van der Waals surface area contributed by atoms with Crippen molar-refractivity contribution in [2.75, 3.05) is 11.9 Å². The highest BCUT2D eigenvalue weighted by molar-refractivity contribution is 7.12. The predicted molar refractivity (Wildman–Crippen MR) is 97.3 cm³/mol. The van der Waals surface area contributed by atoms with Crippen LogP contribution in [-0.4, -0.2) is 30.4 Å². The van der Waals surface area contributed by atoms with Crippen molar-refractivity contribution in [1.29, 1.82) is 0 Å². The highest BCUT2D eigenvalue weighted by atomic mass is 35.5. The maximum Gasteiger partial charge on any atom is 0.341 e. The van der Waals surface area contributed by atoms with Gasteiger partial charge in [0.1, 0.15) is 0 Å². The maximum absolute atomic E-state index is 12.4. The number of hydrogen-bond acceptors (Lipinski definition) is 5. The van der Waals surface area contributed by atoms with E-state index in [1.807, 2.05) is 0 Å². The van der Waals surface area contributed by atoms with E-state index in [4.69, 9.17) is 16.3 Å². The van der Waals surface area contributed by atoms with Gasteiger partial charge in [0, 0.05) is 11.6 Å². The lowest BCUT2D eigenvalue weighted by Gasteiger charge is -2.15. The van der Waals surface area contributed by atoms with Gasteiger partial charge >= 0.3 is 5.97 Å². The molecule has 1 heterocycles. The Hall–Kier alpha value is -2.38. The van der Waals surface area contributed by atoms with Crippen LogP contribution in [0.5, 0.6) is 0 Å². The van der Waals surface area contributed by atoms with Crippen LogP contribution < -0.4 is 10.6 Å². The van der Waals surface area contributed by atoms with E-state index in [2.05, 4.69) is 10.6 Å². The van der Waals surface area contributed by atoms with Gasteiger partial charge in [-0.1, -0.05) is 17.7 Å². The zero-order valence-electron chi connectivity index (χ0n) is 13.7. The number of likely N-dealkylation sites (N-methyl/N-ethyl adjacent to an activating group) is 1. The number of hydrogen-bond donors (Lipinski definition) is 2. The van der Waals surface area contributed by atoms with Gasteiger partial charge in [0.05, 0.1) is 16.1 Å². The van der Waals surface area contributed by atoms with Gasteiger partial charge in [-0.2, -0.15) is 0 Å². The number of rotatable bonds is 6. The molecule has 1 atom stereocenters. The number of halogens is 1. The first-order valence-corrected chi connectivity index (χ1v) is 8.81. The SMILES string of the molecule is CCNC(=O)[C@@H](C)OC(=O)c1ccc(Cl)cc1NC(=O)c1cccs1. The molecule has 25 heavy (non-hydrogen) atoms. The fourth-order valence-electron chi connectivity index (χ4n) is 1.99. The van der Waals surface area contributed by atoms with Gasteiger partial charge in [-0.15, -0.1) is 11.3 Å². The van der Waals surface area contributed by atoms with Gasteiger partial charge in [0.25, 0.3) is 11.8 Å². The summed E-state index contributed by atoms with van der Waals surface area (Å²) >= 11 is 7.24. The van der Waals surface area contributed by atoms with E-state index in [-0.39, 0.29) is 17.2 Å². The molecule has 0 radical (unpaired) electrons. The third kappa shape index (κ3) is 5.04. The topological polar surface area (TPSA) is 84.5 Å². The van der Waals surface area contributed by atoms with Gasteiger partial charge in [0.2, 0.25) is 0 Å². The molecular formula is C17H17ClN2O4S. The fraction of sp³-hybridized carbons (Fsp3) is 0.235. The molecule has 0 unspecified atom stereocenters. The maximum atomic E-state index is 12.4. The zero-order chi connectivity index (χ0) is 18.4. The monoisotopic (exact) mass is 380 g/mol. The Bertz CT molecular complexity index is 777. The summed E-state index contributed by atoms with van der Waals surface area (Å²) in [6.45, 7) is 3.68. The van der Waals surface area contributed by atoms with Gasteiger partial charge in [0.15, 0.2) is 6.10 Å². The van der Waals surface area contributed by atoms with E-state index in [1.54, 1.807) is 24.4 Å². The summed E-state index contributed by atoms with van der Waals surface area (Å²) in [6.07, 6.45) is -0.955. The number of nitrogens with one attached hydrogen (secondary N) is 2. The molecule has 0 aliphatic heterocycles. The number of carbonyl (C=O) groups is 3. The number of carbonyl (C=O) groups excluding carboxylic acids is 3. The van der Waals surface area contributed by atoms with E-state index in [0.29, 0.717) is 16.4 Å². The number of benzene rings is 1. The summed E-state index contributed by atoms with van der Waals surface area (Å²) in [5, 5.41) is 7.35. The molecule has 132 valence electrons. The smallest absolute Gasteiger partial charge is 0.341 e. The third-order valence-electron chi connectivity index (χ3n) is 3.20. The second-order valence-electron chi connectivity index (χ2n) is 5.06. The first kappa shape index (κ1) is 19.0. The minimum absolute atomic E-state index is 0.116. The fourth-order valence-corrected chi connectivity index (χ4v) is 2.78. The molecule has 0 aliphatic carbocycles. The van der Waals surface area contributed by atoms with Crippen molar-refractivity contribution in [3.05, 3.63) is 51.2 Å². The van der Waals surface area contributed by atoms with Crippen molar-refractivity contribution < 1.29 is 19.1 Å². The summed E-state index contributed by atoms with van der Waals surface area (Å²) in [7, 11) is 0. The second-order valence-corrected chi connectivity index (χ2v) is 6.45. The Morgan fingerprint density at radius 3 is 2.68 bits per heavy atom. The number of ether oxygens (including phenoxy) is 1. The summed E-state index contributed by atoms with van der Waals surface area (Å²) in [5.74, 6) is -1.48. The van der Waals surface area contributed by atoms with Crippen LogP contribution in [0.25, 0.3) is 0 Å². The number of anilines is 1. The summed E-state index contributed by atoms with van der Waals surface area (Å²) in [5.41, 5.74) is 0.337. The molecule has 0 spiro atoms. The first-order chi connectivity index (χ1) is 11.9. The van der Waals surface area contributed by atoms with E-state index in [0.717, 1.165) is 0 Å². The van der Waals surface area contributed by atoms with Crippen LogP contribution >= 0.6 is 22.9 Å². The van der Waals surface area contributed by atoms with E-state index in [9.17, 15) is 14.4 Å². The lowest BCUT2D eigenvalue weighted by Crippen LogP contribution is -2.35. The molecular weight excluding hydrogens is 364 g/mol. The van der Waals surface area contributed by atoms with Crippen LogP contribution in [0.3, 0.4) is 0 Å². The Labute approximate surface area is 154 Å². The molecule has 0 bridgehead atoms. The Morgan fingerprint density at radius 2 is 2.04 bits per heavy atom. The van der Waals surface area contributed by atoms with Gasteiger partial charge in [-0.25, -0.2) is 4.79 Å². The molecule has 1 aromatic heterocycles. The summed E-state index contributed by atoms with van der Waals surface area (Å²) in [6, 6.07) is 7.83. The molecule has 0 saturated heterocycles. The van der Waals surface area contributed by atoms with Crippen molar-refractivity contribution in [3.8, 4) is 0 Å². The van der Waals surface area contributed by atoms with Crippen molar-refractivity contribution in [2.45, 2.75) is 20.0 Å². The average molecular weight is 381 g/mol. The van der Waals surface area contributed by atoms with Crippen LogP contribution in [0.4, 0.5) is 5.69 Å². The summed E-state index contributed by atoms with van der Waals surface area (Å²) in [4.78, 5) is 36.8. The summed E-state index contributed by atoms with van der Waals surface area (Å²) < 4.78 is 5.16. The van der Waals surface area contributed by atoms with Crippen molar-refractivity contribution in [3.63, 3.8) is 0 Å². The van der Waals surface area contributed by atoms with Gasteiger partial charge in [-0.05, 0) is 43.5 Å². The molecule has 0 fully saturated rings. The highest BCUT2D eigenvalue weighted by Gasteiger charge is 2.21. The van der Waals surface area contributed by atoms with Crippen LogP contribution in [-0.2, 0) is 9.53 Å². The molecule has 2 N–H and O–H groups in total. The number of thiophene rings is 1. The molecule has 1 aromatic carbocycles. The molecule has 2 rings (SSSR count). The minimum atomic E-state index is -0.955. The van der Waals surface area contributed by atoms with E-state index >= 15 is 0 Å². The largest absolute Gasteiger partial charge is 0.449 e. The van der Waals surface area contributed by atoms with Crippen LogP contribution in [0, 0.1) is 0 Å². The normalized spacial score (nSPS) is 11.5. The molecule has 8 heteroatoms. The average Bonchev–Trinajstić information content (AvgIpc) is 3.09. The minimum Gasteiger partial charge on any atom is -0.449 e. The van der Waals surface area contributed by atoms with Crippen molar-refractivity contribution >= 4 is 46.4 Å². The highest BCUT2D eigenvalue weighted by Crippen LogP contribution is 2.24. The lowest BCUT2D eigenvalue weighted by atomic mass is 10.1. The zero-order valence-corrected chi connectivity index (χ0v) is 15.2. The standard InChI is InChI=1S/C17H17ClN2O4S/c1-3-19-15(21)10(2)24-17(23)12-7-6-11(18)9-13(12)20-16(22)14-5-4-8-25-14/h4-10H,3H2,1-2H3,(H,19,21)(H,20,22)/t10-/m1/s1. The molecule has 6 nitrogen and oxygen atoms in total. The molecule has 2 amide bonds. The molecule has 2 aromatic rings. The van der Waals surface area contributed by atoms with Gasteiger partial charge in [-0.3, -0.25) is 9.59 Å². The Balaban J connectivity index is 2.18.